The molecule has 0 heterocycles. The summed E-state index contributed by atoms with van der Waals surface area (Å²) in [5, 5.41) is 10.6. The lowest BCUT2D eigenvalue weighted by Gasteiger charge is -2.13. The van der Waals surface area contributed by atoms with E-state index in [4.69, 9.17) is 5.11 Å². The quantitative estimate of drug-likeness (QED) is 0.742. The van der Waals surface area contributed by atoms with E-state index in [1.54, 1.807) is 31.2 Å². The highest BCUT2D eigenvalue weighted by Crippen LogP contribution is 2.27. The third kappa shape index (κ3) is 3.21. The molecule has 25 heavy (non-hydrogen) atoms. The summed E-state index contributed by atoms with van der Waals surface area (Å²) in [5.74, 6) is -1.04. The Morgan fingerprint density at radius 1 is 0.920 bits per heavy atom. The number of sulfonamides is 1. The zero-order valence-electron chi connectivity index (χ0n) is 13.8. The number of anilines is 1. The first-order chi connectivity index (χ1) is 11.8. The van der Waals surface area contributed by atoms with E-state index in [0.29, 0.717) is 16.6 Å². The predicted molar refractivity (Wildman–Crippen MR) is 97.6 cm³/mol. The van der Waals surface area contributed by atoms with Gasteiger partial charge in [-0.25, -0.2) is 13.2 Å². The second-order valence-electron chi connectivity index (χ2n) is 5.87. The van der Waals surface area contributed by atoms with Gasteiger partial charge in [-0.2, -0.15) is 0 Å². The van der Waals surface area contributed by atoms with Crippen molar-refractivity contribution in [2.75, 3.05) is 4.72 Å². The fourth-order valence-corrected chi connectivity index (χ4v) is 4.10. The van der Waals surface area contributed by atoms with Gasteiger partial charge >= 0.3 is 5.97 Å². The molecule has 0 aliphatic carbocycles. The SMILES string of the molecule is Cc1cc(NS(=O)(=O)c2ccc(C)c3ccccc23)ccc1C(=O)O. The lowest BCUT2D eigenvalue weighted by atomic mass is 10.1. The Hall–Kier alpha value is -2.86. The van der Waals surface area contributed by atoms with Crippen molar-refractivity contribution in [3.05, 3.63) is 71.3 Å². The molecule has 0 spiro atoms. The van der Waals surface area contributed by atoms with Crippen molar-refractivity contribution in [2.45, 2.75) is 18.7 Å². The molecular weight excluding hydrogens is 338 g/mol. The van der Waals surface area contributed by atoms with Gasteiger partial charge < -0.3 is 5.11 Å². The monoisotopic (exact) mass is 355 g/mol. The lowest BCUT2D eigenvalue weighted by molar-refractivity contribution is 0.0696. The Labute approximate surface area is 146 Å². The first kappa shape index (κ1) is 17.0. The minimum atomic E-state index is -3.80. The summed E-state index contributed by atoms with van der Waals surface area (Å²) < 4.78 is 28.2. The largest absolute Gasteiger partial charge is 0.478 e. The molecule has 0 saturated carbocycles. The molecule has 5 nitrogen and oxygen atoms in total. The number of carboxylic acid groups (broad SMARTS) is 1. The van der Waals surface area contributed by atoms with E-state index in [1.807, 2.05) is 19.1 Å². The first-order valence-electron chi connectivity index (χ1n) is 7.65. The number of aryl methyl sites for hydroxylation is 2. The average molecular weight is 355 g/mol. The normalized spacial score (nSPS) is 11.4. The van der Waals surface area contributed by atoms with Crippen LogP contribution in [0.2, 0.25) is 0 Å². The maximum Gasteiger partial charge on any atom is 0.335 e. The maximum absolute atomic E-state index is 12.8. The Kier molecular flexibility index (Phi) is 4.22. The molecule has 0 unspecified atom stereocenters. The Bertz CT molecular complexity index is 1090. The van der Waals surface area contributed by atoms with Crippen LogP contribution in [-0.2, 0) is 10.0 Å². The van der Waals surface area contributed by atoms with Crippen LogP contribution in [0.3, 0.4) is 0 Å². The Morgan fingerprint density at radius 2 is 1.60 bits per heavy atom. The van der Waals surface area contributed by atoms with Gasteiger partial charge in [-0.05, 0) is 54.6 Å². The number of rotatable bonds is 4. The lowest BCUT2D eigenvalue weighted by Crippen LogP contribution is -2.14. The maximum atomic E-state index is 12.8. The van der Waals surface area contributed by atoms with E-state index < -0.39 is 16.0 Å². The second kappa shape index (κ2) is 6.22. The van der Waals surface area contributed by atoms with Gasteiger partial charge in [-0.1, -0.05) is 30.3 Å². The molecule has 3 rings (SSSR count). The number of carboxylic acids is 1. The predicted octanol–water partition coefficient (Wildman–Crippen LogP) is 3.96. The van der Waals surface area contributed by atoms with Crippen molar-refractivity contribution in [2.24, 2.45) is 0 Å². The van der Waals surface area contributed by atoms with Gasteiger partial charge in [0.2, 0.25) is 0 Å². The minimum Gasteiger partial charge on any atom is -0.478 e. The Morgan fingerprint density at radius 3 is 2.24 bits per heavy atom. The van der Waals surface area contributed by atoms with Crippen LogP contribution in [0.15, 0.2) is 59.5 Å². The number of benzene rings is 3. The van der Waals surface area contributed by atoms with Gasteiger partial charge in [0.15, 0.2) is 0 Å². The van der Waals surface area contributed by atoms with Crippen molar-refractivity contribution in [1.29, 1.82) is 0 Å². The van der Waals surface area contributed by atoms with Crippen molar-refractivity contribution in [1.82, 2.24) is 0 Å². The highest BCUT2D eigenvalue weighted by molar-refractivity contribution is 7.93. The molecule has 2 N–H and O–H groups in total. The van der Waals surface area contributed by atoms with Crippen LogP contribution in [-0.4, -0.2) is 19.5 Å². The molecule has 0 aromatic heterocycles. The van der Waals surface area contributed by atoms with Crippen LogP contribution in [0.5, 0.6) is 0 Å². The summed E-state index contributed by atoms with van der Waals surface area (Å²) in [5.41, 5.74) is 1.95. The molecule has 0 amide bonds. The number of fused-ring (bicyclic) bond motifs is 1. The molecule has 3 aromatic carbocycles. The molecule has 0 saturated heterocycles. The average Bonchev–Trinajstić information content (AvgIpc) is 2.54. The van der Waals surface area contributed by atoms with E-state index in [2.05, 4.69) is 4.72 Å². The number of carbonyl (C=O) groups is 1. The molecule has 128 valence electrons. The molecule has 0 bridgehead atoms. The van der Waals surface area contributed by atoms with Gasteiger partial charge in [0, 0.05) is 11.1 Å². The summed E-state index contributed by atoms with van der Waals surface area (Å²) in [7, 11) is -3.80. The van der Waals surface area contributed by atoms with E-state index >= 15 is 0 Å². The highest BCUT2D eigenvalue weighted by atomic mass is 32.2. The topological polar surface area (TPSA) is 83.5 Å². The zero-order chi connectivity index (χ0) is 18.2. The molecule has 6 heteroatoms. The van der Waals surface area contributed by atoms with E-state index in [-0.39, 0.29) is 10.5 Å². The number of aromatic carboxylic acids is 1. The third-order valence-electron chi connectivity index (χ3n) is 4.10. The molecular formula is C19H17NO4S. The van der Waals surface area contributed by atoms with Crippen molar-refractivity contribution in [3.63, 3.8) is 0 Å². The van der Waals surface area contributed by atoms with Crippen LogP contribution < -0.4 is 4.72 Å². The van der Waals surface area contributed by atoms with Gasteiger partial charge in [-0.3, -0.25) is 4.72 Å². The molecule has 0 atom stereocenters. The number of nitrogens with one attached hydrogen (secondary N) is 1. The van der Waals surface area contributed by atoms with Gasteiger partial charge in [0.1, 0.15) is 0 Å². The van der Waals surface area contributed by atoms with Crippen molar-refractivity contribution in [3.8, 4) is 0 Å². The van der Waals surface area contributed by atoms with Gasteiger partial charge in [-0.15, -0.1) is 0 Å². The number of hydrogen-bond donors (Lipinski definition) is 2. The smallest absolute Gasteiger partial charge is 0.335 e. The molecule has 0 aliphatic heterocycles. The first-order valence-corrected chi connectivity index (χ1v) is 9.13. The van der Waals surface area contributed by atoms with Crippen LogP contribution in [0, 0.1) is 13.8 Å². The van der Waals surface area contributed by atoms with Gasteiger partial charge in [0.25, 0.3) is 10.0 Å². The zero-order valence-corrected chi connectivity index (χ0v) is 14.6. The van der Waals surface area contributed by atoms with E-state index in [1.165, 1.54) is 18.2 Å². The van der Waals surface area contributed by atoms with Crippen LogP contribution in [0.4, 0.5) is 5.69 Å². The fraction of sp³-hybridized carbons (Fsp3) is 0.105. The highest BCUT2D eigenvalue weighted by Gasteiger charge is 2.19. The van der Waals surface area contributed by atoms with Crippen LogP contribution in [0.1, 0.15) is 21.5 Å². The third-order valence-corrected chi connectivity index (χ3v) is 5.54. The molecule has 0 radical (unpaired) electrons. The molecule has 3 aromatic rings. The summed E-state index contributed by atoms with van der Waals surface area (Å²) >= 11 is 0. The van der Waals surface area contributed by atoms with E-state index in [0.717, 1.165) is 10.9 Å². The Balaban J connectivity index is 2.05. The van der Waals surface area contributed by atoms with Crippen LogP contribution >= 0.6 is 0 Å². The summed E-state index contributed by atoms with van der Waals surface area (Å²) in [6.07, 6.45) is 0. The molecule has 0 aliphatic rings. The summed E-state index contributed by atoms with van der Waals surface area (Å²) in [6, 6.07) is 15.0. The summed E-state index contributed by atoms with van der Waals surface area (Å²) in [6.45, 7) is 3.56. The van der Waals surface area contributed by atoms with Crippen molar-refractivity contribution >= 4 is 32.5 Å². The van der Waals surface area contributed by atoms with Gasteiger partial charge in [0.05, 0.1) is 10.5 Å². The second-order valence-corrected chi connectivity index (χ2v) is 7.52. The number of hydrogen-bond acceptors (Lipinski definition) is 3. The minimum absolute atomic E-state index is 0.142. The molecule has 0 fully saturated rings. The van der Waals surface area contributed by atoms with E-state index in [9.17, 15) is 13.2 Å². The van der Waals surface area contributed by atoms with Crippen molar-refractivity contribution < 1.29 is 18.3 Å². The summed E-state index contributed by atoms with van der Waals surface area (Å²) in [4.78, 5) is 11.3. The standard InChI is InChI=1S/C19H17NO4S/c1-12-7-10-18(17-6-4-3-5-15(12)17)25(23,24)20-14-8-9-16(19(21)22)13(2)11-14/h3-11,20H,1-2H3,(H,21,22). The fourth-order valence-electron chi connectivity index (χ4n) is 2.83. The van der Waals surface area contributed by atoms with Crippen LogP contribution in [0.25, 0.3) is 10.8 Å².